The summed E-state index contributed by atoms with van der Waals surface area (Å²) in [6.45, 7) is 0.805. The molecule has 1 N–H and O–H groups in total. The van der Waals surface area contributed by atoms with Gasteiger partial charge >= 0.3 is 0 Å². The summed E-state index contributed by atoms with van der Waals surface area (Å²) >= 11 is 1.35. The summed E-state index contributed by atoms with van der Waals surface area (Å²) < 4.78 is 1.61. The molecule has 0 radical (unpaired) electrons. The van der Waals surface area contributed by atoms with Crippen LogP contribution in [0.25, 0.3) is 5.78 Å². The Morgan fingerprint density at radius 3 is 3.05 bits per heavy atom. The minimum Gasteiger partial charge on any atom is -0.355 e. The zero-order chi connectivity index (χ0) is 14.5. The van der Waals surface area contributed by atoms with Crippen LogP contribution in [-0.4, -0.2) is 37.8 Å². The van der Waals surface area contributed by atoms with E-state index in [1.807, 2.05) is 0 Å². The van der Waals surface area contributed by atoms with Gasteiger partial charge in [-0.3, -0.25) is 4.79 Å². The van der Waals surface area contributed by atoms with Gasteiger partial charge in [-0.2, -0.15) is 4.98 Å². The molecule has 0 saturated heterocycles. The SMILES string of the molecule is O=C(CSc1nc2ncccn2n1)NCC1CCCCC1. The molecular formula is C14H19N5OS. The highest BCUT2D eigenvalue weighted by molar-refractivity contribution is 7.99. The Labute approximate surface area is 127 Å². The molecule has 0 aliphatic heterocycles. The van der Waals surface area contributed by atoms with E-state index in [4.69, 9.17) is 0 Å². The van der Waals surface area contributed by atoms with Crippen molar-refractivity contribution in [1.29, 1.82) is 0 Å². The highest BCUT2D eigenvalue weighted by Crippen LogP contribution is 2.22. The average Bonchev–Trinajstić information content (AvgIpc) is 2.95. The number of hydrogen-bond donors (Lipinski definition) is 1. The summed E-state index contributed by atoms with van der Waals surface area (Å²) in [7, 11) is 0. The third kappa shape index (κ3) is 3.93. The molecule has 1 amide bonds. The summed E-state index contributed by atoms with van der Waals surface area (Å²) in [6, 6.07) is 1.80. The van der Waals surface area contributed by atoms with Gasteiger partial charge in [0.05, 0.1) is 5.75 Å². The first-order valence-corrected chi connectivity index (χ1v) is 8.37. The zero-order valence-electron chi connectivity index (χ0n) is 11.9. The van der Waals surface area contributed by atoms with Crippen molar-refractivity contribution in [3.05, 3.63) is 18.5 Å². The van der Waals surface area contributed by atoms with E-state index in [-0.39, 0.29) is 5.91 Å². The fourth-order valence-electron chi connectivity index (χ4n) is 2.61. The first kappa shape index (κ1) is 14.3. The molecule has 2 aromatic rings. The second-order valence-electron chi connectivity index (χ2n) is 5.36. The van der Waals surface area contributed by atoms with E-state index in [0.717, 1.165) is 6.54 Å². The highest BCUT2D eigenvalue weighted by atomic mass is 32.2. The number of thioether (sulfide) groups is 1. The van der Waals surface area contributed by atoms with E-state index < -0.39 is 0 Å². The lowest BCUT2D eigenvalue weighted by Gasteiger charge is -2.21. The second-order valence-corrected chi connectivity index (χ2v) is 6.30. The lowest BCUT2D eigenvalue weighted by atomic mass is 9.89. The smallest absolute Gasteiger partial charge is 0.253 e. The van der Waals surface area contributed by atoms with Crippen LogP contribution in [0.15, 0.2) is 23.6 Å². The zero-order valence-corrected chi connectivity index (χ0v) is 12.7. The molecule has 6 nitrogen and oxygen atoms in total. The van der Waals surface area contributed by atoms with Gasteiger partial charge in [0.15, 0.2) is 0 Å². The number of rotatable bonds is 5. The molecule has 0 bridgehead atoms. The van der Waals surface area contributed by atoms with Crippen LogP contribution in [0.2, 0.25) is 0 Å². The van der Waals surface area contributed by atoms with Gasteiger partial charge in [0.2, 0.25) is 11.1 Å². The predicted molar refractivity (Wildman–Crippen MR) is 81.1 cm³/mol. The maximum absolute atomic E-state index is 11.9. The van der Waals surface area contributed by atoms with Crippen LogP contribution >= 0.6 is 11.8 Å². The first-order valence-electron chi connectivity index (χ1n) is 7.38. The summed E-state index contributed by atoms with van der Waals surface area (Å²) in [4.78, 5) is 20.2. The van der Waals surface area contributed by atoms with Crippen LogP contribution in [0.4, 0.5) is 0 Å². The fraction of sp³-hybridized carbons (Fsp3) is 0.571. The van der Waals surface area contributed by atoms with Gasteiger partial charge in [-0.1, -0.05) is 31.0 Å². The van der Waals surface area contributed by atoms with E-state index in [1.54, 1.807) is 23.0 Å². The molecule has 0 atom stereocenters. The van der Waals surface area contributed by atoms with Gasteiger partial charge in [0.25, 0.3) is 5.78 Å². The van der Waals surface area contributed by atoms with E-state index in [9.17, 15) is 4.79 Å². The summed E-state index contributed by atoms with van der Waals surface area (Å²) in [6.07, 6.45) is 9.90. The summed E-state index contributed by atoms with van der Waals surface area (Å²) in [5, 5.41) is 7.86. The van der Waals surface area contributed by atoms with Crippen LogP contribution < -0.4 is 5.32 Å². The largest absolute Gasteiger partial charge is 0.355 e. The Morgan fingerprint density at radius 1 is 1.38 bits per heavy atom. The molecule has 21 heavy (non-hydrogen) atoms. The topological polar surface area (TPSA) is 72.2 Å². The van der Waals surface area contributed by atoms with Crippen molar-refractivity contribution < 1.29 is 4.79 Å². The second kappa shape index (κ2) is 6.89. The molecule has 1 aliphatic carbocycles. The minimum absolute atomic E-state index is 0.0531. The summed E-state index contributed by atoms with van der Waals surface area (Å²) in [5.74, 6) is 1.62. The number of hydrogen-bond acceptors (Lipinski definition) is 5. The van der Waals surface area contributed by atoms with Crippen LogP contribution in [0.3, 0.4) is 0 Å². The Kier molecular flexibility index (Phi) is 4.69. The lowest BCUT2D eigenvalue weighted by molar-refractivity contribution is -0.118. The number of aromatic nitrogens is 4. The van der Waals surface area contributed by atoms with E-state index in [1.165, 1.54) is 43.9 Å². The molecule has 1 fully saturated rings. The quantitative estimate of drug-likeness (QED) is 0.854. The van der Waals surface area contributed by atoms with Crippen molar-refractivity contribution in [2.24, 2.45) is 5.92 Å². The normalized spacial score (nSPS) is 16.2. The maximum Gasteiger partial charge on any atom is 0.253 e. The molecule has 112 valence electrons. The van der Waals surface area contributed by atoms with Crippen LogP contribution in [0, 0.1) is 5.92 Å². The Bertz CT molecular complexity index is 575. The molecule has 2 aromatic heterocycles. The highest BCUT2D eigenvalue weighted by Gasteiger charge is 2.14. The first-order chi connectivity index (χ1) is 10.3. The number of nitrogens with zero attached hydrogens (tertiary/aromatic N) is 4. The molecule has 3 rings (SSSR count). The van der Waals surface area contributed by atoms with E-state index in [0.29, 0.717) is 22.6 Å². The Hall–Kier alpha value is -1.63. The average molecular weight is 305 g/mol. The van der Waals surface area contributed by atoms with Crippen molar-refractivity contribution in [3.8, 4) is 0 Å². The molecule has 0 aromatic carbocycles. The van der Waals surface area contributed by atoms with Gasteiger partial charge in [-0.15, -0.1) is 5.10 Å². The van der Waals surface area contributed by atoms with E-state index >= 15 is 0 Å². The van der Waals surface area contributed by atoms with Crippen molar-refractivity contribution >= 4 is 23.4 Å². The molecular weight excluding hydrogens is 286 g/mol. The number of fused-ring (bicyclic) bond motifs is 1. The molecule has 2 heterocycles. The Balaban J connectivity index is 1.44. The molecule has 1 aliphatic rings. The molecule has 0 unspecified atom stereocenters. The van der Waals surface area contributed by atoms with Crippen molar-refractivity contribution in [1.82, 2.24) is 24.9 Å². The van der Waals surface area contributed by atoms with Gasteiger partial charge in [-0.05, 0) is 24.8 Å². The fourth-order valence-corrected chi connectivity index (χ4v) is 3.26. The van der Waals surface area contributed by atoms with Gasteiger partial charge < -0.3 is 5.32 Å². The lowest BCUT2D eigenvalue weighted by Crippen LogP contribution is -2.31. The monoisotopic (exact) mass is 305 g/mol. The molecule has 7 heteroatoms. The van der Waals surface area contributed by atoms with Gasteiger partial charge in [-0.25, -0.2) is 9.50 Å². The third-order valence-corrected chi connectivity index (χ3v) is 4.58. The van der Waals surface area contributed by atoms with E-state index in [2.05, 4.69) is 20.4 Å². The summed E-state index contributed by atoms with van der Waals surface area (Å²) in [5.41, 5.74) is 0. The van der Waals surface area contributed by atoms with Crippen molar-refractivity contribution in [3.63, 3.8) is 0 Å². The third-order valence-electron chi connectivity index (χ3n) is 3.74. The van der Waals surface area contributed by atoms with Crippen molar-refractivity contribution in [2.75, 3.05) is 12.3 Å². The van der Waals surface area contributed by atoms with Crippen LogP contribution in [0.1, 0.15) is 32.1 Å². The van der Waals surface area contributed by atoms with Crippen molar-refractivity contribution in [2.45, 2.75) is 37.3 Å². The standard InChI is InChI=1S/C14H19N5OS/c20-12(16-9-11-5-2-1-3-6-11)10-21-14-17-13-15-7-4-8-19(13)18-14/h4,7-8,11H,1-3,5-6,9-10H2,(H,16,20). The minimum atomic E-state index is 0.0531. The molecule has 1 saturated carbocycles. The number of carbonyl (C=O) groups excluding carboxylic acids is 1. The number of amides is 1. The van der Waals surface area contributed by atoms with Gasteiger partial charge in [0, 0.05) is 18.9 Å². The maximum atomic E-state index is 11.9. The molecule has 0 spiro atoms. The number of nitrogens with one attached hydrogen (secondary N) is 1. The predicted octanol–water partition coefficient (Wildman–Crippen LogP) is 1.91. The van der Waals surface area contributed by atoms with Gasteiger partial charge in [0.1, 0.15) is 0 Å². The van der Waals surface area contributed by atoms with Crippen LogP contribution in [0.5, 0.6) is 0 Å². The Morgan fingerprint density at radius 2 is 2.24 bits per heavy atom. The van der Waals surface area contributed by atoms with Crippen LogP contribution in [-0.2, 0) is 4.79 Å². The number of carbonyl (C=O) groups is 1.